The number of benzene rings is 1. The molecule has 0 unspecified atom stereocenters. The Morgan fingerprint density at radius 3 is 2.72 bits per heavy atom. The van der Waals surface area contributed by atoms with Crippen LogP contribution >= 0.6 is 0 Å². The Labute approximate surface area is 140 Å². The number of anilines is 1. The minimum atomic E-state index is -4.47. The fourth-order valence-corrected chi connectivity index (χ4v) is 3.14. The van der Waals surface area contributed by atoms with Gasteiger partial charge in [0.05, 0.1) is 12.2 Å². The highest BCUT2D eigenvalue weighted by molar-refractivity contribution is 5.55. The van der Waals surface area contributed by atoms with E-state index in [1.54, 1.807) is 18.2 Å². The number of hydrogen-bond acceptors (Lipinski definition) is 5. The van der Waals surface area contributed by atoms with Crippen molar-refractivity contribution in [3.8, 4) is 17.6 Å². The monoisotopic (exact) mass is 350 g/mol. The number of fused-ring (bicyclic) bond motifs is 2. The molecule has 1 aromatic carbocycles. The summed E-state index contributed by atoms with van der Waals surface area (Å²) in [5.41, 5.74) is 0.714. The summed E-state index contributed by atoms with van der Waals surface area (Å²) in [6.07, 6.45) is -3.56. The fraction of sp³-hybridized carbons (Fsp3) is 0.375. The molecule has 130 valence electrons. The zero-order chi connectivity index (χ0) is 17.6. The zero-order valence-corrected chi connectivity index (χ0v) is 12.9. The van der Waals surface area contributed by atoms with Crippen molar-refractivity contribution in [1.29, 1.82) is 5.26 Å². The van der Waals surface area contributed by atoms with E-state index in [0.29, 0.717) is 30.3 Å². The summed E-state index contributed by atoms with van der Waals surface area (Å²) < 4.78 is 52.2. The maximum Gasteiger partial charge on any atom is 0.410 e. The van der Waals surface area contributed by atoms with Crippen molar-refractivity contribution >= 4 is 5.82 Å². The van der Waals surface area contributed by atoms with Crippen LogP contribution in [0.3, 0.4) is 0 Å². The fourth-order valence-electron chi connectivity index (χ4n) is 3.14. The summed E-state index contributed by atoms with van der Waals surface area (Å²) in [5.74, 6) is 1.16. The second-order valence-electron chi connectivity index (χ2n) is 5.86. The van der Waals surface area contributed by atoms with Gasteiger partial charge in [0.2, 0.25) is 0 Å². The van der Waals surface area contributed by atoms with Crippen LogP contribution in [0.2, 0.25) is 0 Å². The molecular weight excluding hydrogens is 337 g/mol. The molecule has 0 spiro atoms. The predicted octanol–water partition coefficient (Wildman–Crippen LogP) is 3.19. The molecule has 9 heteroatoms. The lowest BCUT2D eigenvalue weighted by molar-refractivity contribution is -0.173. The number of alkyl halides is 3. The number of halogens is 3. The number of hydrogen-bond donors (Lipinski definition) is 1. The highest BCUT2D eigenvalue weighted by Gasteiger charge is 2.47. The van der Waals surface area contributed by atoms with E-state index in [-0.39, 0.29) is 17.8 Å². The molecule has 0 radical (unpaired) electrons. The number of nitrogens with one attached hydrogen (secondary N) is 1. The van der Waals surface area contributed by atoms with Crippen molar-refractivity contribution in [3.05, 3.63) is 35.5 Å². The average Bonchev–Trinajstić information content (AvgIpc) is 3.02. The van der Waals surface area contributed by atoms with Gasteiger partial charge in [0.25, 0.3) is 0 Å². The van der Waals surface area contributed by atoms with E-state index in [1.807, 2.05) is 6.07 Å². The van der Waals surface area contributed by atoms with Crippen LogP contribution in [0, 0.1) is 11.3 Å². The molecule has 1 N–H and O–H groups in total. The Balaban J connectivity index is 1.73. The zero-order valence-electron chi connectivity index (χ0n) is 12.9. The van der Waals surface area contributed by atoms with Gasteiger partial charge in [0.15, 0.2) is 17.5 Å². The highest BCUT2D eigenvalue weighted by atomic mass is 19.4. The van der Waals surface area contributed by atoms with E-state index < -0.39 is 18.3 Å². The van der Waals surface area contributed by atoms with E-state index in [2.05, 4.69) is 10.4 Å². The molecule has 0 bridgehead atoms. The largest absolute Gasteiger partial charge is 0.486 e. The van der Waals surface area contributed by atoms with Crippen LogP contribution in [-0.4, -0.2) is 29.2 Å². The van der Waals surface area contributed by atoms with E-state index in [9.17, 15) is 13.2 Å². The minimum absolute atomic E-state index is 0.0796. The first-order chi connectivity index (χ1) is 12.0. The molecule has 6 nitrogen and oxygen atoms in total. The predicted molar refractivity (Wildman–Crippen MR) is 80.4 cm³/mol. The topological polar surface area (TPSA) is 72.1 Å². The number of nitriles is 1. The van der Waals surface area contributed by atoms with Crippen molar-refractivity contribution in [2.75, 3.05) is 18.5 Å². The summed E-state index contributed by atoms with van der Waals surface area (Å²) in [5, 5.41) is 15.9. The molecule has 4 rings (SSSR count). The van der Waals surface area contributed by atoms with E-state index in [4.69, 9.17) is 14.7 Å². The van der Waals surface area contributed by atoms with Crippen LogP contribution < -0.4 is 14.8 Å². The van der Waals surface area contributed by atoms with Crippen molar-refractivity contribution in [1.82, 2.24) is 9.78 Å². The van der Waals surface area contributed by atoms with Crippen LogP contribution in [-0.2, 0) is 0 Å². The van der Waals surface area contributed by atoms with E-state index in [1.165, 1.54) is 0 Å². The summed E-state index contributed by atoms with van der Waals surface area (Å²) >= 11 is 0. The number of rotatable bonds is 1. The Morgan fingerprint density at radius 2 is 2.00 bits per heavy atom. The van der Waals surface area contributed by atoms with Gasteiger partial charge in [-0.3, -0.25) is 0 Å². The Kier molecular flexibility index (Phi) is 3.49. The lowest BCUT2D eigenvalue weighted by Gasteiger charge is -2.34. The second-order valence-corrected chi connectivity index (χ2v) is 5.86. The Hall–Kier alpha value is -2.89. The molecule has 0 fully saturated rings. The normalized spacial score (nSPS) is 21.8. The van der Waals surface area contributed by atoms with Crippen molar-refractivity contribution in [3.63, 3.8) is 0 Å². The Bertz CT molecular complexity index is 856. The molecule has 0 aliphatic carbocycles. The van der Waals surface area contributed by atoms with Crippen LogP contribution in [0.5, 0.6) is 11.5 Å². The summed E-state index contributed by atoms with van der Waals surface area (Å²) in [7, 11) is 0. The van der Waals surface area contributed by atoms with Gasteiger partial charge in [-0.15, -0.1) is 0 Å². The lowest BCUT2D eigenvalue weighted by Crippen LogP contribution is -2.35. The van der Waals surface area contributed by atoms with Gasteiger partial charge in [-0.05, 0) is 17.7 Å². The van der Waals surface area contributed by atoms with Crippen molar-refractivity contribution < 1.29 is 22.6 Å². The second kappa shape index (κ2) is 5.58. The molecule has 3 heterocycles. The van der Waals surface area contributed by atoms with Gasteiger partial charge in [0.1, 0.15) is 30.7 Å². The molecule has 25 heavy (non-hydrogen) atoms. The summed E-state index contributed by atoms with van der Waals surface area (Å²) in [4.78, 5) is 0. The average molecular weight is 350 g/mol. The quantitative estimate of drug-likeness (QED) is 0.855. The number of ether oxygens (including phenoxy) is 2. The van der Waals surface area contributed by atoms with Crippen LogP contribution in [0.15, 0.2) is 24.4 Å². The maximum atomic E-state index is 13.5. The van der Waals surface area contributed by atoms with Crippen molar-refractivity contribution in [2.24, 2.45) is 0 Å². The van der Waals surface area contributed by atoms with Gasteiger partial charge in [0, 0.05) is 6.42 Å². The smallest absolute Gasteiger partial charge is 0.410 e. The molecule has 1 aromatic heterocycles. The summed E-state index contributed by atoms with van der Waals surface area (Å²) in [6, 6.07) is 4.51. The van der Waals surface area contributed by atoms with Gasteiger partial charge in [-0.2, -0.15) is 23.5 Å². The summed E-state index contributed by atoms with van der Waals surface area (Å²) in [6.45, 7) is 0.833. The molecule has 2 aromatic rings. The molecule has 2 atom stereocenters. The van der Waals surface area contributed by atoms with Crippen LogP contribution in [0.1, 0.15) is 29.6 Å². The molecular formula is C16H13F3N4O2. The highest BCUT2D eigenvalue weighted by Crippen LogP contribution is 2.45. The molecule has 0 amide bonds. The molecule has 0 saturated carbocycles. The van der Waals surface area contributed by atoms with E-state index in [0.717, 1.165) is 10.9 Å². The van der Waals surface area contributed by atoms with Gasteiger partial charge >= 0.3 is 6.18 Å². The van der Waals surface area contributed by atoms with Crippen molar-refractivity contribution in [2.45, 2.75) is 24.7 Å². The third-order valence-electron chi connectivity index (χ3n) is 4.33. The first-order valence-electron chi connectivity index (χ1n) is 7.68. The standard InChI is InChI=1S/C16H13F3N4O2/c17-16(18,19)14-6-11(22-15-10(7-20)8-21-23(14)15)9-1-2-12-13(5-9)25-4-3-24-12/h1-2,5,8,11,14,22H,3-4,6H2/t11-,14-/m0/s1. The van der Waals surface area contributed by atoms with Crippen LogP contribution in [0.4, 0.5) is 19.0 Å². The van der Waals surface area contributed by atoms with E-state index >= 15 is 0 Å². The van der Waals surface area contributed by atoms with Crippen LogP contribution in [0.25, 0.3) is 0 Å². The van der Waals surface area contributed by atoms with Gasteiger partial charge in [-0.1, -0.05) is 6.07 Å². The maximum absolute atomic E-state index is 13.5. The number of aromatic nitrogens is 2. The minimum Gasteiger partial charge on any atom is -0.486 e. The molecule has 2 aliphatic rings. The third kappa shape index (κ3) is 2.63. The SMILES string of the molecule is N#Cc1cnn2c1N[C@H](c1ccc3c(c1)OCCO3)C[C@H]2C(F)(F)F. The number of nitrogens with zero attached hydrogens (tertiary/aromatic N) is 3. The van der Waals surface area contributed by atoms with Gasteiger partial charge < -0.3 is 14.8 Å². The van der Waals surface area contributed by atoms with Gasteiger partial charge in [-0.25, -0.2) is 4.68 Å². The molecule has 2 aliphatic heterocycles. The lowest BCUT2D eigenvalue weighted by atomic mass is 9.96. The first kappa shape index (κ1) is 15.6. The third-order valence-corrected chi connectivity index (χ3v) is 4.33. The first-order valence-corrected chi connectivity index (χ1v) is 7.68. The molecule has 0 saturated heterocycles. The Morgan fingerprint density at radius 1 is 1.24 bits per heavy atom.